The summed E-state index contributed by atoms with van der Waals surface area (Å²) in [4.78, 5) is 50.9. The number of hydrogen-bond acceptors (Lipinski definition) is 7. The summed E-state index contributed by atoms with van der Waals surface area (Å²) in [6, 6.07) is 12.3. The Labute approximate surface area is 214 Å². The van der Waals surface area contributed by atoms with E-state index in [0.717, 1.165) is 32.1 Å². The van der Waals surface area contributed by atoms with Crippen LogP contribution in [-0.2, 0) is 36.8 Å². The molecule has 2 aromatic rings. The summed E-state index contributed by atoms with van der Waals surface area (Å²) in [5, 5.41) is 2.53. The highest BCUT2D eigenvalue weighted by Crippen LogP contribution is 2.25. The summed E-state index contributed by atoms with van der Waals surface area (Å²) < 4.78 is 30.0. The van der Waals surface area contributed by atoms with Crippen molar-refractivity contribution in [2.24, 2.45) is 0 Å². The molecular formula is C27H31FN2O7. The molecule has 0 spiro atoms. The van der Waals surface area contributed by atoms with E-state index < -0.39 is 41.9 Å². The number of hydrogen-bond donors (Lipinski definition) is 1. The van der Waals surface area contributed by atoms with Gasteiger partial charge in [-0.05, 0) is 43.4 Å². The van der Waals surface area contributed by atoms with Crippen molar-refractivity contribution >= 4 is 23.9 Å². The summed E-state index contributed by atoms with van der Waals surface area (Å²) in [6.45, 7) is 3.20. The molecule has 9 nitrogen and oxygen atoms in total. The molecule has 2 aromatic carbocycles. The van der Waals surface area contributed by atoms with Crippen LogP contribution in [0.25, 0.3) is 0 Å². The van der Waals surface area contributed by atoms with Gasteiger partial charge in [0.1, 0.15) is 12.4 Å². The van der Waals surface area contributed by atoms with Gasteiger partial charge in [-0.1, -0.05) is 42.5 Å². The Morgan fingerprint density at radius 3 is 2.51 bits per heavy atom. The number of ether oxygens (including phenoxy) is 3. The fourth-order valence-electron chi connectivity index (χ4n) is 4.34. The maximum absolute atomic E-state index is 14.9. The smallest absolute Gasteiger partial charge is 0.410 e. The first-order valence-electron chi connectivity index (χ1n) is 12.0. The van der Waals surface area contributed by atoms with Crippen molar-refractivity contribution in [2.75, 3.05) is 13.7 Å². The molecule has 1 aliphatic heterocycles. The van der Waals surface area contributed by atoms with Crippen molar-refractivity contribution in [3.8, 4) is 0 Å². The number of nitrogens with zero attached hydrogens (tertiary/aromatic N) is 1. The predicted octanol–water partition coefficient (Wildman–Crippen LogP) is 3.39. The van der Waals surface area contributed by atoms with Crippen LogP contribution in [-0.4, -0.2) is 60.7 Å². The Hall–Kier alpha value is -3.95. The summed E-state index contributed by atoms with van der Waals surface area (Å²) in [7, 11) is 1.13. The molecule has 37 heavy (non-hydrogen) atoms. The summed E-state index contributed by atoms with van der Waals surface area (Å²) in [5.74, 6) is -3.12. The number of halogens is 1. The fourth-order valence-corrected chi connectivity index (χ4v) is 4.34. The lowest BCUT2D eigenvalue weighted by Gasteiger charge is -2.26. The van der Waals surface area contributed by atoms with E-state index in [2.05, 4.69) is 10.1 Å². The SMILES string of the molecule is COC(=O)[C@H](OC(C)=O)[C@@H](C)NC(=O)c1c(F)cccc1CC1CCCN1C(=O)OCc1ccccc1. The standard InChI is InChI=1S/C27H31FN2O7/c1-17(24(26(33)35-3)37-18(2)31)29-25(32)23-20(11-7-13-22(23)28)15-21-12-8-14-30(21)27(34)36-16-19-9-5-4-6-10-19/h4-7,9-11,13,17,21,24H,8,12,14-16H2,1-3H3,(H,29,32)/t17-,21?,24-/m1/s1. The second-order valence-electron chi connectivity index (χ2n) is 8.82. The van der Waals surface area contributed by atoms with Crippen LogP contribution in [0.4, 0.5) is 9.18 Å². The zero-order valence-electron chi connectivity index (χ0n) is 21.1. The van der Waals surface area contributed by atoms with Crippen LogP contribution in [0.2, 0.25) is 0 Å². The first-order valence-corrected chi connectivity index (χ1v) is 12.0. The molecule has 0 radical (unpaired) electrons. The van der Waals surface area contributed by atoms with Crippen molar-refractivity contribution in [3.05, 3.63) is 71.0 Å². The van der Waals surface area contributed by atoms with Crippen LogP contribution >= 0.6 is 0 Å². The molecule has 1 saturated heterocycles. The Morgan fingerprint density at radius 2 is 1.84 bits per heavy atom. The van der Waals surface area contributed by atoms with Gasteiger partial charge in [-0.2, -0.15) is 0 Å². The lowest BCUT2D eigenvalue weighted by atomic mass is 9.97. The van der Waals surface area contributed by atoms with E-state index in [4.69, 9.17) is 9.47 Å². The zero-order chi connectivity index (χ0) is 26.9. The molecule has 0 saturated carbocycles. The molecule has 10 heteroatoms. The predicted molar refractivity (Wildman–Crippen MR) is 131 cm³/mol. The first kappa shape index (κ1) is 27.6. The van der Waals surface area contributed by atoms with E-state index in [1.807, 2.05) is 30.3 Å². The van der Waals surface area contributed by atoms with E-state index in [-0.39, 0.29) is 24.6 Å². The molecule has 3 rings (SSSR count). The zero-order valence-corrected chi connectivity index (χ0v) is 21.1. The minimum Gasteiger partial charge on any atom is -0.466 e. The molecular weight excluding hydrogens is 483 g/mol. The Bertz CT molecular complexity index is 1120. The summed E-state index contributed by atoms with van der Waals surface area (Å²) >= 11 is 0. The number of carbonyl (C=O) groups excluding carboxylic acids is 4. The van der Waals surface area contributed by atoms with Gasteiger partial charge in [-0.3, -0.25) is 9.59 Å². The monoisotopic (exact) mass is 514 g/mol. The topological polar surface area (TPSA) is 111 Å². The Morgan fingerprint density at radius 1 is 1.11 bits per heavy atom. The van der Waals surface area contributed by atoms with Gasteiger partial charge in [-0.25, -0.2) is 14.0 Å². The Kier molecular flexibility index (Phi) is 9.59. The van der Waals surface area contributed by atoms with Crippen LogP contribution < -0.4 is 5.32 Å². The molecule has 1 unspecified atom stereocenters. The second kappa shape index (κ2) is 12.8. The van der Waals surface area contributed by atoms with Gasteiger partial charge in [0, 0.05) is 19.5 Å². The number of rotatable bonds is 9. The number of esters is 2. The summed E-state index contributed by atoms with van der Waals surface area (Å²) in [5.41, 5.74) is 1.06. The van der Waals surface area contributed by atoms with Crippen molar-refractivity contribution in [1.82, 2.24) is 10.2 Å². The van der Waals surface area contributed by atoms with Gasteiger partial charge in [0.25, 0.3) is 5.91 Å². The number of carbonyl (C=O) groups is 4. The molecule has 1 aliphatic rings. The van der Waals surface area contributed by atoms with Crippen LogP contribution in [0.1, 0.15) is 48.2 Å². The van der Waals surface area contributed by atoms with E-state index in [1.54, 1.807) is 11.0 Å². The Balaban J connectivity index is 1.72. The fraction of sp³-hybridized carbons (Fsp3) is 0.407. The maximum Gasteiger partial charge on any atom is 0.410 e. The minimum absolute atomic E-state index is 0.137. The van der Waals surface area contributed by atoms with Crippen LogP contribution in [0, 0.1) is 5.82 Å². The quantitative estimate of drug-likeness (QED) is 0.403. The minimum atomic E-state index is -1.40. The first-order chi connectivity index (χ1) is 17.7. The van der Waals surface area contributed by atoms with E-state index in [0.29, 0.717) is 18.5 Å². The average molecular weight is 515 g/mol. The number of amides is 2. The third-order valence-corrected chi connectivity index (χ3v) is 6.14. The van der Waals surface area contributed by atoms with Gasteiger partial charge in [0.15, 0.2) is 0 Å². The third-order valence-electron chi connectivity index (χ3n) is 6.14. The number of benzene rings is 2. The van der Waals surface area contributed by atoms with E-state index in [1.165, 1.54) is 13.0 Å². The molecule has 3 atom stereocenters. The number of likely N-dealkylation sites (tertiary alicyclic amines) is 1. The molecule has 0 bridgehead atoms. The molecule has 1 N–H and O–H groups in total. The van der Waals surface area contributed by atoms with Crippen molar-refractivity contribution in [3.63, 3.8) is 0 Å². The molecule has 2 amide bonds. The maximum atomic E-state index is 14.9. The van der Waals surface area contributed by atoms with Gasteiger partial charge in [0.2, 0.25) is 6.10 Å². The van der Waals surface area contributed by atoms with E-state index in [9.17, 15) is 23.6 Å². The number of methoxy groups -OCH3 is 1. The van der Waals surface area contributed by atoms with E-state index >= 15 is 0 Å². The highest BCUT2D eigenvalue weighted by molar-refractivity contribution is 5.96. The van der Waals surface area contributed by atoms with Gasteiger partial charge >= 0.3 is 18.0 Å². The molecule has 198 valence electrons. The summed E-state index contributed by atoms with van der Waals surface area (Å²) in [6.07, 6.45) is -0.205. The van der Waals surface area contributed by atoms with Gasteiger partial charge in [-0.15, -0.1) is 0 Å². The van der Waals surface area contributed by atoms with Crippen molar-refractivity contribution in [1.29, 1.82) is 0 Å². The molecule has 0 aromatic heterocycles. The van der Waals surface area contributed by atoms with Gasteiger partial charge in [0.05, 0.1) is 18.7 Å². The lowest BCUT2D eigenvalue weighted by Crippen LogP contribution is -2.48. The van der Waals surface area contributed by atoms with Crippen molar-refractivity contribution in [2.45, 2.75) is 57.9 Å². The third kappa shape index (κ3) is 7.28. The lowest BCUT2D eigenvalue weighted by molar-refractivity contribution is -0.166. The number of nitrogens with one attached hydrogen (secondary N) is 1. The molecule has 0 aliphatic carbocycles. The van der Waals surface area contributed by atoms with Crippen LogP contribution in [0.5, 0.6) is 0 Å². The second-order valence-corrected chi connectivity index (χ2v) is 8.82. The molecule has 1 fully saturated rings. The highest BCUT2D eigenvalue weighted by atomic mass is 19.1. The van der Waals surface area contributed by atoms with Gasteiger partial charge < -0.3 is 24.4 Å². The normalized spacial score (nSPS) is 16.4. The average Bonchev–Trinajstić information content (AvgIpc) is 3.34. The molecule has 1 heterocycles. The largest absolute Gasteiger partial charge is 0.466 e. The van der Waals surface area contributed by atoms with Crippen LogP contribution in [0.15, 0.2) is 48.5 Å². The highest BCUT2D eigenvalue weighted by Gasteiger charge is 2.34. The van der Waals surface area contributed by atoms with Crippen LogP contribution in [0.3, 0.4) is 0 Å². The van der Waals surface area contributed by atoms with Crippen molar-refractivity contribution < 1.29 is 37.8 Å².